The Morgan fingerprint density at radius 3 is 2.87 bits per heavy atom. The molecular formula is C12H15ClO2. The summed E-state index contributed by atoms with van der Waals surface area (Å²) in [5.74, 6) is 0.809. The normalized spacial score (nSPS) is 12.1. The molecule has 2 nitrogen and oxygen atoms in total. The van der Waals surface area contributed by atoms with Crippen molar-refractivity contribution >= 4 is 17.9 Å². The van der Waals surface area contributed by atoms with Gasteiger partial charge in [-0.1, -0.05) is 18.2 Å². The van der Waals surface area contributed by atoms with Crippen LogP contribution in [0.3, 0.4) is 0 Å². The summed E-state index contributed by atoms with van der Waals surface area (Å²) in [6.45, 7) is 0. The van der Waals surface area contributed by atoms with E-state index in [2.05, 4.69) is 0 Å². The van der Waals surface area contributed by atoms with Gasteiger partial charge in [0, 0.05) is 12.0 Å². The summed E-state index contributed by atoms with van der Waals surface area (Å²) < 4.78 is 5.22. The quantitative estimate of drug-likeness (QED) is 0.423. The average Bonchev–Trinajstić information content (AvgIpc) is 2.29. The second kappa shape index (κ2) is 6.46. The molecule has 1 aromatic rings. The maximum atomic E-state index is 10.2. The van der Waals surface area contributed by atoms with Gasteiger partial charge in [-0.3, -0.25) is 0 Å². The van der Waals surface area contributed by atoms with Crippen LogP contribution in [0.2, 0.25) is 0 Å². The minimum absolute atomic E-state index is 0.0823. The standard InChI is InChI=1S/C12H15ClO2/c1-15-12-8-3-2-6-10(12)11(13)7-4-5-9-14/h2-3,6,8-9,11H,4-5,7H2,1H3. The average molecular weight is 227 g/mol. The molecule has 0 N–H and O–H groups in total. The van der Waals surface area contributed by atoms with E-state index in [0.717, 1.165) is 30.4 Å². The number of para-hydroxylation sites is 1. The number of aldehydes is 1. The predicted molar refractivity (Wildman–Crippen MR) is 61.5 cm³/mol. The first-order chi connectivity index (χ1) is 7.29. The van der Waals surface area contributed by atoms with Gasteiger partial charge in [0.2, 0.25) is 0 Å². The topological polar surface area (TPSA) is 26.3 Å². The number of hydrogen-bond acceptors (Lipinski definition) is 2. The Morgan fingerprint density at radius 2 is 2.20 bits per heavy atom. The Hall–Kier alpha value is -1.02. The van der Waals surface area contributed by atoms with Crippen molar-refractivity contribution in [3.63, 3.8) is 0 Å². The zero-order valence-electron chi connectivity index (χ0n) is 8.78. The third-order valence-electron chi connectivity index (χ3n) is 2.26. The van der Waals surface area contributed by atoms with Crippen LogP contribution in [0.4, 0.5) is 0 Å². The summed E-state index contributed by atoms with van der Waals surface area (Å²) in [5, 5.41) is -0.0823. The second-order valence-electron chi connectivity index (χ2n) is 3.31. The number of carbonyl (C=O) groups is 1. The van der Waals surface area contributed by atoms with Gasteiger partial charge >= 0.3 is 0 Å². The summed E-state index contributed by atoms with van der Waals surface area (Å²) in [6, 6.07) is 7.70. The van der Waals surface area contributed by atoms with Gasteiger partial charge in [-0.15, -0.1) is 11.6 Å². The Bertz CT molecular complexity index is 312. The van der Waals surface area contributed by atoms with Crippen molar-refractivity contribution in [1.82, 2.24) is 0 Å². The van der Waals surface area contributed by atoms with E-state index in [1.807, 2.05) is 24.3 Å². The molecule has 0 aliphatic rings. The fraction of sp³-hybridized carbons (Fsp3) is 0.417. The van der Waals surface area contributed by atoms with Gasteiger partial charge < -0.3 is 9.53 Å². The molecule has 0 heterocycles. The maximum Gasteiger partial charge on any atom is 0.123 e. The van der Waals surface area contributed by atoms with Crippen LogP contribution >= 0.6 is 11.6 Å². The van der Waals surface area contributed by atoms with Crippen molar-refractivity contribution in [2.45, 2.75) is 24.6 Å². The first kappa shape index (κ1) is 12.1. The Balaban J connectivity index is 2.63. The number of ether oxygens (including phenoxy) is 1. The van der Waals surface area contributed by atoms with E-state index < -0.39 is 0 Å². The van der Waals surface area contributed by atoms with Gasteiger partial charge in [-0.25, -0.2) is 0 Å². The molecule has 0 fully saturated rings. The number of alkyl halides is 1. The van der Waals surface area contributed by atoms with Gasteiger partial charge in [0.05, 0.1) is 12.5 Å². The van der Waals surface area contributed by atoms with Gasteiger partial charge in [0.1, 0.15) is 12.0 Å². The summed E-state index contributed by atoms with van der Waals surface area (Å²) in [4.78, 5) is 10.2. The zero-order chi connectivity index (χ0) is 11.1. The molecule has 0 aliphatic carbocycles. The minimum atomic E-state index is -0.0823. The summed E-state index contributed by atoms with van der Waals surface area (Å²) in [7, 11) is 1.63. The fourth-order valence-corrected chi connectivity index (χ4v) is 1.80. The molecule has 1 unspecified atom stereocenters. The van der Waals surface area contributed by atoms with E-state index in [-0.39, 0.29) is 5.38 Å². The minimum Gasteiger partial charge on any atom is -0.496 e. The number of carbonyl (C=O) groups excluding carboxylic acids is 1. The van der Waals surface area contributed by atoms with E-state index in [0.29, 0.717) is 6.42 Å². The maximum absolute atomic E-state index is 10.2. The summed E-state index contributed by atoms with van der Waals surface area (Å²) in [5.41, 5.74) is 0.993. The van der Waals surface area contributed by atoms with Gasteiger partial charge in [-0.2, -0.15) is 0 Å². The molecule has 0 bridgehead atoms. The van der Waals surface area contributed by atoms with E-state index in [1.54, 1.807) is 7.11 Å². The van der Waals surface area contributed by atoms with Crippen LogP contribution < -0.4 is 4.74 Å². The van der Waals surface area contributed by atoms with Crippen LogP contribution in [-0.2, 0) is 4.79 Å². The lowest BCUT2D eigenvalue weighted by atomic mass is 10.1. The van der Waals surface area contributed by atoms with E-state index >= 15 is 0 Å². The Morgan fingerprint density at radius 1 is 1.47 bits per heavy atom. The lowest BCUT2D eigenvalue weighted by Crippen LogP contribution is -1.95. The highest BCUT2D eigenvalue weighted by Crippen LogP contribution is 2.32. The molecule has 1 rings (SSSR count). The van der Waals surface area contributed by atoms with Crippen LogP contribution in [0.5, 0.6) is 5.75 Å². The van der Waals surface area contributed by atoms with Crippen LogP contribution in [0.25, 0.3) is 0 Å². The number of methoxy groups -OCH3 is 1. The summed E-state index contributed by atoms with van der Waals surface area (Å²) in [6.07, 6.45) is 3.10. The third-order valence-corrected chi connectivity index (χ3v) is 2.71. The van der Waals surface area contributed by atoms with E-state index in [1.165, 1.54) is 0 Å². The Labute approximate surface area is 95.2 Å². The van der Waals surface area contributed by atoms with E-state index in [9.17, 15) is 4.79 Å². The molecule has 3 heteroatoms. The first-order valence-corrected chi connectivity index (χ1v) is 5.44. The van der Waals surface area contributed by atoms with Crippen LogP contribution in [0, 0.1) is 0 Å². The van der Waals surface area contributed by atoms with Crippen LogP contribution in [-0.4, -0.2) is 13.4 Å². The van der Waals surface area contributed by atoms with Crippen molar-refractivity contribution < 1.29 is 9.53 Å². The van der Waals surface area contributed by atoms with Crippen LogP contribution in [0.15, 0.2) is 24.3 Å². The van der Waals surface area contributed by atoms with Crippen molar-refractivity contribution in [2.24, 2.45) is 0 Å². The number of halogens is 1. The lowest BCUT2D eigenvalue weighted by molar-refractivity contribution is -0.107. The number of rotatable bonds is 6. The zero-order valence-corrected chi connectivity index (χ0v) is 9.54. The molecule has 82 valence electrons. The largest absolute Gasteiger partial charge is 0.496 e. The van der Waals surface area contributed by atoms with Gasteiger partial charge in [0.25, 0.3) is 0 Å². The van der Waals surface area contributed by atoms with Crippen molar-refractivity contribution in [3.8, 4) is 5.75 Å². The molecule has 1 aromatic carbocycles. The first-order valence-electron chi connectivity index (χ1n) is 5.00. The fourth-order valence-electron chi connectivity index (χ4n) is 1.46. The van der Waals surface area contributed by atoms with Gasteiger partial charge in [-0.05, 0) is 18.9 Å². The molecule has 15 heavy (non-hydrogen) atoms. The van der Waals surface area contributed by atoms with Crippen molar-refractivity contribution in [2.75, 3.05) is 7.11 Å². The number of unbranched alkanes of at least 4 members (excludes halogenated alkanes) is 1. The SMILES string of the molecule is COc1ccccc1C(Cl)CCCC=O. The molecule has 1 atom stereocenters. The van der Waals surface area contributed by atoms with E-state index in [4.69, 9.17) is 16.3 Å². The summed E-state index contributed by atoms with van der Waals surface area (Å²) >= 11 is 6.23. The van der Waals surface area contributed by atoms with Crippen molar-refractivity contribution in [1.29, 1.82) is 0 Å². The third kappa shape index (κ3) is 3.56. The smallest absolute Gasteiger partial charge is 0.123 e. The molecule has 0 amide bonds. The predicted octanol–water partition coefficient (Wildman–Crippen LogP) is 3.34. The molecule has 0 saturated carbocycles. The van der Waals surface area contributed by atoms with Crippen LogP contribution in [0.1, 0.15) is 30.2 Å². The lowest BCUT2D eigenvalue weighted by Gasteiger charge is -2.12. The second-order valence-corrected chi connectivity index (χ2v) is 3.83. The molecular weight excluding hydrogens is 212 g/mol. The molecule has 0 aliphatic heterocycles. The highest BCUT2D eigenvalue weighted by atomic mass is 35.5. The number of benzene rings is 1. The van der Waals surface area contributed by atoms with Gasteiger partial charge in [0.15, 0.2) is 0 Å². The molecule has 0 radical (unpaired) electrons. The monoisotopic (exact) mass is 226 g/mol. The Kier molecular flexibility index (Phi) is 5.19. The van der Waals surface area contributed by atoms with Crippen molar-refractivity contribution in [3.05, 3.63) is 29.8 Å². The number of hydrogen-bond donors (Lipinski definition) is 0. The molecule has 0 aromatic heterocycles. The molecule has 0 spiro atoms. The highest BCUT2D eigenvalue weighted by molar-refractivity contribution is 6.21. The molecule has 0 saturated heterocycles. The highest BCUT2D eigenvalue weighted by Gasteiger charge is 2.11.